The van der Waals surface area contributed by atoms with Crippen LogP contribution < -0.4 is 5.32 Å². The molecule has 2 saturated heterocycles. The van der Waals surface area contributed by atoms with Gasteiger partial charge in [-0.2, -0.15) is 0 Å². The Hall–Kier alpha value is -1.49. The lowest BCUT2D eigenvalue weighted by atomic mass is 10.1. The van der Waals surface area contributed by atoms with E-state index in [2.05, 4.69) is 15.3 Å². The molecule has 0 spiro atoms. The van der Waals surface area contributed by atoms with Gasteiger partial charge in [-0.05, 0) is 51.6 Å². The van der Waals surface area contributed by atoms with E-state index < -0.39 is 0 Å². The minimum atomic E-state index is 0.268. The molecule has 114 valence electrons. The summed E-state index contributed by atoms with van der Waals surface area (Å²) >= 11 is 0. The number of hydrogen-bond acceptors (Lipinski definition) is 4. The van der Waals surface area contributed by atoms with E-state index in [4.69, 9.17) is 0 Å². The average Bonchev–Trinajstić information content (AvgIpc) is 3.16. The number of nitrogens with one attached hydrogen (secondary N) is 1. The van der Waals surface area contributed by atoms with E-state index in [0.717, 1.165) is 62.5 Å². The summed E-state index contributed by atoms with van der Waals surface area (Å²) in [7, 11) is 0. The fourth-order valence-electron chi connectivity index (χ4n) is 3.21. The first-order chi connectivity index (χ1) is 10.2. The number of carbonyl (C=O) groups excluding carboxylic acids is 1. The number of likely N-dealkylation sites (tertiary alicyclic amines) is 1. The van der Waals surface area contributed by atoms with Crippen molar-refractivity contribution in [3.8, 4) is 0 Å². The molecule has 2 fully saturated rings. The number of amides is 1. The van der Waals surface area contributed by atoms with Crippen molar-refractivity contribution in [3.05, 3.63) is 23.3 Å². The van der Waals surface area contributed by atoms with Crippen molar-refractivity contribution in [1.29, 1.82) is 0 Å². The fraction of sp³-hybridized carbons (Fsp3) is 0.688. The van der Waals surface area contributed by atoms with Gasteiger partial charge < -0.3 is 10.2 Å². The largest absolute Gasteiger partial charge is 0.343 e. The lowest BCUT2D eigenvalue weighted by Gasteiger charge is -2.15. The van der Waals surface area contributed by atoms with Crippen LogP contribution in [0, 0.1) is 6.92 Å². The van der Waals surface area contributed by atoms with E-state index in [1.807, 2.05) is 17.9 Å². The first kappa shape index (κ1) is 14.4. The van der Waals surface area contributed by atoms with Gasteiger partial charge >= 0.3 is 0 Å². The summed E-state index contributed by atoms with van der Waals surface area (Å²) in [5.74, 6) is 1.17. The summed E-state index contributed by atoms with van der Waals surface area (Å²) in [6.07, 6.45) is 5.87. The van der Waals surface area contributed by atoms with Crippen LogP contribution in [0.2, 0.25) is 0 Å². The van der Waals surface area contributed by atoms with E-state index in [0.29, 0.717) is 6.42 Å². The van der Waals surface area contributed by atoms with Crippen molar-refractivity contribution in [2.75, 3.05) is 19.6 Å². The molecule has 0 aromatic carbocycles. The maximum atomic E-state index is 12.1. The normalized spacial score (nSPS) is 22.0. The smallest absolute Gasteiger partial charge is 0.222 e. The molecule has 1 N–H and O–H groups in total. The molecule has 1 atom stereocenters. The number of nitrogens with zero attached hydrogens (tertiary/aromatic N) is 3. The van der Waals surface area contributed by atoms with Crippen LogP contribution in [-0.2, 0) is 11.2 Å². The second kappa shape index (κ2) is 6.52. The Morgan fingerprint density at radius 1 is 1.33 bits per heavy atom. The third-order valence-electron chi connectivity index (χ3n) is 4.35. The summed E-state index contributed by atoms with van der Waals surface area (Å²) in [6.45, 7) is 4.91. The summed E-state index contributed by atoms with van der Waals surface area (Å²) in [5.41, 5.74) is 2.00. The molecule has 1 unspecified atom stereocenters. The van der Waals surface area contributed by atoms with Crippen LogP contribution in [0.1, 0.15) is 55.4 Å². The van der Waals surface area contributed by atoms with Gasteiger partial charge in [0.2, 0.25) is 5.91 Å². The van der Waals surface area contributed by atoms with Crippen LogP contribution in [0.4, 0.5) is 0 Å². The zero-order valence-corrected chi connectivity index (χ0v) is 12.8. The highest BCUT2D eigenvalue weighted by atomic mass is 16.2. The fourth-order valence-corrected chi connectivity index (χ4v) is 3.21. The number of hydrogen-bond donors (Lipinski definition) is 1. The lowest BCUT2D eigenvalue weighted by molar-refractivity contribution is -0.130. The van der Waals surface area contributed by atoms with Gasteiger partial charge in [0.05, 0.1) is 6.04 Å². The lowest BCUT2D eigenvalue weighted by Crippen LogP contribution is -2.27. The molecule has 0 saturated carbocycles. The highest BCUT2D eigenvalue weighted by molar-refractivity contribution is 5.76. The second-order valence-corrected chi connectivity index (χ2v) is 6.10. The van der Waals surface area contributed by atoms with E-state index in [1.54, 1.807) is 0 Å². The zero-order valence-electron chi connectivity index (χ0n) is 12.8. The van der Waals surface area contributed by atoms with Gasteiger partial charge in [0, 0.05) is 30.9 Å². The van der Waals surface area contributed by atoms with E-state index in [1.165, 1.54) is 6.42 Å². The highest BCUT2D eigenvalue weighted by Gasteiger charge is 2.21. The zero-order chi connectivity index (χ0) is 14.7. The van der Waals surface area contributed by atoms with Crippen molar-refractivity contribution in [3.63, 3.8) is 0 Å². The molecule has 0 aliphatic carbocycles. The maximum Gasteiger partial charge on any atom is 0.222 e. The summed E-state index contributed by atoms with van der Waals surface area (Å²) in [6, 6.07) is 2.30. The van der Waals surface area contributed by atoms with Crippen molar-refractivity contribution >= 4 is 5.91 Å². The average molecular weight is 288 g/mol. The minimum absolute atomic E-state index is 0.268. The predicted molar refractivity (Wildman–Crippen MR) is 80.9 cm³/mol. The van der Waals surface area contributed by atoms with Crippen LogP contribution >= 0.6 is 0 Å². The molecule has 5 nitrogen and oxygen atoms in total. The SMILES string of the molecule is Cc1cc(CCC(=O)N2CCCC2)nc(C2CCCN2)n1. The number of aryl methyl sites for hydroxylation is 2. The maximum absolute atomic E-state index is 12.1. The molecule has 3 rings (SSSR count). The van der Waals surface area contributed by atoms with Gasteiger partial charge in [0.1, 0.15) is 5.82 Å². The van der Waals surface area contributed by atoms with E-state index in [-0.39, 0.29) is 11.9 Å². The quantitative estimate of drug-likeness (QED) is 0.917. The van der Waals surface area contributed by atoms with Gasteiger partial charge in [0.25, 0.3) is 0 Å². The summed E-state index contributed by atoms with van der Waals surface area (Å²) < 4.78 is 0. The van der Waals surface area contributed by atoms with Gasteiger partial charge in [-0.3, -0.25) is 4.79 Å². The summed E-state index contributed by atoms with van der Waals surface area (Å²) in [4.78, 5) is 23.3. The van der Waals surface area contributed by atoms with Crippen LogP contribution in [0.25, 0.3) is 0 Å². The molecule has 1 aromatic rings. The molecular weight excluding hydrogens is 264 g/mol. The minimum Gasteiger partial charge on any atom is -0.343 e. The van der Waals surface area contributed by atoms with Crippen LogP contribution in [0.5, 0.6) is 0 Å². The molecule has 2 aliphatic heterocycles. The Bertz CT molecular complexity index is 505. The first-order valence-corrected chi connectivity index (χ1v) is 8.08. The first-order valence-electron chi connectivity index (χ1n) is 8.08. The Balaban J connectivity index is 1.63. The molecule has 3 heterocycles. The predicted octanol–water partition coefficient (Wildman–Crippen LogP) is 1.76. The number of carbonyl (C=O) groups is 1. The number of rotatable bonds is 4. The Morgan fingerprint density at radius 3 is 2.86 bits per heavy atom. The van der Waals surface area contributed by atoms with Crippen LogP contribution in [-0.4, -0.2) is 40.4 Å². The third-order valence-corrected chi connectivity index (χ3v) is 4.35. The second-order valence-electron chi connectivity index (χ2n) is 6.10. The monoisotopic (exact) mass is 288 g/mol. The molecule has 1 amide bonds. The standard InChI is InChI=1S/C16H24N4O/c1-12-11-13(6-7-15(21)20-9-2-3-10-20)19-16(18-12)14-5-4-8-17-14/h11,14,17H,2-10H2,1H3. The number of aromatic nitrogens is 2. The van der Waals surface area contributed by atoms with Gasteiger partial charge in [0.15, 0.2) is 0 Å². The van der Waals surface area contributed by atoms with E-state index in [9.17, 15) is 4.79 Å². The van der Waals surface area contributed by atoms with Gasteiger partial charge in [-0.15, -0.1) is 0 Å². The van der Waals surface area contributed by atoms with Crippen LogP contribution in [0.15, 0.2) is 6.07 Å². The molecule has 1 aromatic heterocycles. The molecule has 2 aliphatic rings. The molecule has 0 radical (unpaired) electrons. The van der Waals surface area contributed by atoms with Crippen molar-refractivity contribution < 1.29 is 4.79 Å². The summed E-state index contributed by atoms with van der Waals surface area (Å²) in [5, 5.41) is 3.44. The Morgan fingerprint density at radius 2 is 2.14 bits per heavy atom. The van der Waals surface area contributed by atoms with Crippen molar-refractivity contribution in [2.45, 2.75) is 51.5 Å². The van der Waals surface area contributed by atoms with Crippen molar-refractivity contribution in [2.24, 2.45) is 0 Å². The molecule has 21 heavy (non-hydrogen) atoms. The Labute approximate surface area is 126 Å². The molecule has 0 bridgehead atoms. The van der Waals surface area contributed by atoms with Crippen molar-refractivity contribution in [1.82, 2.24) is 20.2 Å². The van der Waals surface area contributed by atoms with E-state index >= 15 is 0 Å². The Kier molecular flexibility index (Phi) is 4.48. The van der Waals surface area contributed by atoms with Gasteiger partial charge in [-0.25, -0.2) is 9.97 Å². The van der Waals surface area contributed by atoms with Crippen LogP contribution in [0.3, 0.4) is 0 Å². The van der Waals surface area contributed by atoms with Gasteiger partial charge in [-0.1, -0.05) is 0 Å². The molecular formula is C16H24N4O. The molecule has 5 heteroatoms. The topological polar surface area (TPSA) is 58.1 Å². The highest BCUT2D eigenvalue weighted by Crippen LogP contribution is 2.20. The third kappa shape index (κ3) is 3.59.